The highest BCUT2D eigenvalue weighted by Gasteiger charge is 2.18. The van der Waals surface area contributed by atoms with E-state index < -0.39 is 16.0 Å². The van der Waals surface area contributed by atoms with Gasteiger partial charge in [-0.1, -0.05) is 0 Å². The van der Waals surface area contributed by atoms with E-state index in [1.807, 2.05) is 6.07 Å². The number of sulfonamides is 1. The highest BCUT2D eigenvalue weighted by Crippen LogP contribution is 2.11. The molecular weight excluding hydrogens is 308 g/mol. The van der Waals surface area contributed by atoms with E-state index in [1.165, 1.54) is 6.07 Å². The van der Waals surface area contributed by atoms with Gasteiger partial charge >= 0.3 is 5.97 Å². The standard InChI is InChI=1S/C14H16N2O5S/c1-10(4-5-11-3-2-8-21-11)16-22(19,20)12-6-7-13(14(17)18)15-9-12/h2-3,6-10,16H,4-5H2,1H3,(H,17,18). The summed E-state index contributed by atoms with van der Waals surface area (Å²) in [6.07, 6.45) is 3.80. The number of aromatic nitrogens is 1. The average Bonchev–Trinajstić information content (AvgIpc) is 2.98. The summed E-state index contributed by atoms with van der Waals surface area (Å²) >= 11 is 0. The summed E-state index contributed by atoms with van der Waals surface area (Å²) in [7, 11) is -3.73. The van der Waals surface area contributed by atoms with Crippen molar-refractivity contribution in [1.82, 2.24) is 9.71 Å². The lowest BCUT2D eigenvalue weighted by atomic mass is 10.2. The van der Waals surface area contributed by atoms with Crippen molar-refractivity contribution < 1.29 is 22.7 Å². The number of carbonyl (C=O) groups is 1. The van der Waals surface area contributed by atoms with Crippen LogP contribution < -0.4 is 4.72 Å². The Morgan fingerprint density at radius 2 is 2.18 bits per heavy atom. The largest absolute Gasteiger partial charge is 0.477 e. The van der Waals surface area contributed by atoms with Gasteiger partial charge in [-0.3, -0.25) is 0 Å². The van der Waals surface area contributed by atoms with E-state index in [0.29, 0.717) is 12.8 Å². The molecule has 2 aromatic rings. The van der Waals surface area contributed by atoms with Crippen LogP contribution in [0.25, 0.3) is 0 Å². The molecule has 0 amide bonds. The van der Waals surface area contributed by atoms with Gasteiger partial charge in [0.25, 0.3) is 0 Å². The highest BCUT2D eigenvalue weighted by molar-refractivity contribution is 7.89. The number of nitrogens with zero attached hydrogens (tertiary/aromatic N) is 1. The summed E-state index contributed by atoms with van der Waals surface area (Å²) in [5.74, 6) is -0.415. The maximum Gasteiger partial charge on any atom is 0.354 e. The van der Waals surface area contributed by atoms with E-state index in [4.69, 9.17) is 9.52 Å². The Kier molecular flexibility index (Phi) is 4.94. The van der Waals surface area contributed by atoms with E-state index >= 15 is 0 Å². The van der Waals surface area contributed by atoms with Gasteiger partial charge in [-0.05, 0) is 37.6 Å². The van der Waals surface area contributed by atoms with Gasteiger partial charge in [-0.25, -0.2) is 22.9 Å². The molecule has 7 nitrogen and oxygen atoms in total. The SMILES string of the molecule is CC(CCc1ccco1)NS(=O)(=O)c1ccc(C(=O)O)nc1. The van der Waals surface area contributed by atoms with E-state index in [-0.39, 0.29) is 16.6 Å². The molecule has 2 aromatic heterocycles. The van der Waals surface area contributed by atoms with Crippen LogP contribution in [0.4, 0.5) is 0 Å². The quantitative estimate of drug-likeness (QED) is 0.802. The molecule has 1 atom stereocenters. The molecule has 0 aliphatic carbocycles. The Balaban J connectivity index is 1.98. The average molecular weight is 324 g/mol. The molecule has 0 radical (unpaired) electrons. The van der Waals surface area contributed by atoms with Crippen LogP contribution >= 0.6 is 0 Å². The maximum atomic E-state index is 12.2. The first-order valence-electron chi connectivity index (χ1n) is 6.62. The second-order valence-electron chi connectivity index (χ2n) is 4.82. The van der Waals surface area contributed by atoms with Crippen LogP contribution in [0, 0.1) is 0 Å². The number of hydrogen-bond donors (Lipinski definition) is 2. The lowest BCUT2D eigenvalue weighted by Gasteiger charge is -2.13. The van der Waals surface area contributed by atoms with Crippen molar-refractivity contribution in [3.8, 4) is 0 Å². The zero-order valence-electron chi connectivity index (χ0n) is 11.9. The van der Waals surface area contributed by atoms with Crippen molar-refractivity contribution in [2.45, 2.75) is 30.7 Å². The molecule has 1 unspecified atom stereocenters. The van der Waals surface area contributed by atoms with Crippen LogP contribution in [0.3, 0.4) is 0 Å². The minimum absolute atomic E-state index is 0.0673. The Hall–Kier alpha value is -2.19. The number of nitrogens with one attached hydrogen (secondary N) is 1. The third kappa shape index (κ3) is 4.15. The number of furan rings is 1. The highest BCUT2D eigenvalue weighted by atomic mass is 32.2. The second-order valence-corrected chi connectivity index (χ2v) is 6.54. The van der Waals surface area contributed by atoms with Crippen molar-refractivity contribution in [2.24, 2.45) is 0 Å². The molecule has 2 rings (SSSR count). The Labute approximate surface area is 128 Å². The minimum atomic E-state index is -3.73. The molecule has 2 heterocycles. The Bertz CT molecular complexity index is 723. The van der Waals surface area contributed by atoms with Crippen LogP contribution in [0.1, 0.15) is 29.6 Å². The van der Waals surface area contributed by atoms with Gasteiger partial charge in [0.2, 0.25) is 10.0 Å². The minimum Gasteiger partial charge on any atom is -0.477 e. The number of aryl methyl sites for hydroxylation is 1. The molecule has 0 fully saturated rings. The molecule has 22 heavy (non-hydrogen) atoms. The van der Waals surface area contributed by atoms with Crippen LogP contribution in [0.5, 0.6) is 0 Å². The molecular formula is C14H16N2O5S. The third-order valence-corrected chi connectivity index (χ3v) is 4.60. The first kappa shape index (κ1) is 16.2. The predicted octanol–water partition coefficient (Wildman–Crippen LogP) is 1.67. The maximum absolute atomic E-state index is 12.2. The summed E-state index contributed by atoms with van der Waals surface area (Å²) in [6, 6.07) is 5.69. The second kappa shape index (κ2) is 6.71. The van der Waals surface area contributed by atoms with E-state index in [2.05, 4.69) is 9.71 Å². The summed E-state index contributed by atoms with van der Waals surface area (Å²) in [5, 5.41) is 8.75. The van der Waals surface area contributed by atoms with Gasteiger partial charge in [0, 0.05) is 18.7 Å². The smallest absolute Gasteiger partial charge is 0.354 e. The first-order valence-corrected chi connectivity index (χ1v) is 8.11. The van der Waals surface area contributed by atoms with Crippen LogP contribution in [-0.2, 0) is 16.4 Å². The zero-order chi connectivity index (χ0) is 16.2. The monoisotopic (exact) mass is 324 g/mol. The van der Waals surface area contributed by atoms with Gasteiger partial charge in [0.05, 0.1) is 6.26 Å². The lowest BCUT2D eigenvalue weighted by Crippen LogP contribution is -2.33. The number of carboxylic acids is 1. The van der Waals surface area contributed by atoms with Gasteiger partial charge < -0.3 is 9.52 Å². The summed E-state index contributed by atoms with van der Waals surface area (Å²) < 4.78 is 32.0. The fourth-order valence-electron chi connectivity index (χ4n) is 1.87. The van der Waals surface area contributed by atoms with Crippen molar-refractivity contribution >= 4 is 16.0 Å². The Morgan fingerprint density at radius 3 is 2.73 bits per heavy atom. The summed E-state index contributed by atoms with van der Waals surface area (Å²) in [4.78, 5) is 14.2. The number of rotatable bonds is 7. The summed E-state index contributed by atoms with van der Waals surface area (Å²) in [5.41, 5.74) is -0.204. The van der Waals surface area contributed by atoms with E-state index in [0.717, 1.165) is 18.0 Å². The predicted molar refractivity (Wildman–Crippen MR) is 78.0 cm³/mol. The molecule has 0 saturated carbocycles. The van der Waals surface area contributed by atoms with Crippen LogP contribution in [-0.4, -0.2) is 30.5 Å². The number of aromatic carboxylic acids is 1. The fraction of sp³-hybridized carbons (Fsp3) is 0.286. The number of hydrogen-bond acceptors (Lipinski definition) is 5. The van der Waals surface area contributed by atoms with Crippen LogP contribution in [0.2, 0.25) is 0 Å². The molecule has 0 saturated heterocycles. The molecule has 0 bridgehead atoms. The van der Waals surface area contributed by atoms with Crippen LogP contribution in [0.15, 0.2) is 46.0 Å². The first-order chi connectivity index (χ1) is 10.4. The van der Waals surface area contributed by atoms with Crippen molar-refractivity contribution in [2.75, 3.05) is 0 Å². The third-order valence-electron chi connectivity index (χ3n) is 3.03. The molecule has 118 valence electrons. The Morgan fingerprint density at radius 1 is 1.41 bits per heavy atom. The topological polar surface area (TPSA) is 110 Å². The number of carboxylic acid groups (broad SMARTS) is 1. The van der Waals surface area contributed by atoms with Crippen molar-refractivity contribution in [1.29, 1.82) is 0 Å². The normalized spacial score (nSPS) is 13.0. The molecule has 2 N–H and O–H groups in total. The lowest BCUT2D eigenvalue weighted by molar-refractivity contribution is 0.0690. The summed E-state index contributed by atoms with van der Waals surface area (Å²) in [6.45, 7) is 1.75. The van der Waals surface area contributed by atoms with Crippen molar-refractivity contribution in [3.05, 3.63) is 48.2 Å². The molecule has 8 heteroatoms. The van der Waals surface area contributed by atoms with Crippen molar-refractivity contribution in [3.63, 3.8) is 0 Å². The van der Waals surface area contributed by atoms with E-state index in [1.54, 1.807) is 19.3 Å². The van der Waals surface area contributed by atoms with E-state index in [9.17, 15) is 13.2 Å². The van der Waals surface area contributed by atoms with Gasteiger partial charge in [-0.15, -0.1) is 0 Å². The fourth-order valence-corrected chi connectivity index (χ4v) is 3.09. The van der Waals surface area contributed by atoms with Gasteiger partial charge in [0.1, 0.15) is 16.3 Å². The van der Waals surface area contributed by atoms with Gasteiger partial charge in [-0.2, -0.15) is 0 Å². The number of pyridine rings is 1. The molecule has 0 spiro atoms. The van der Waals surface area contributed by atoms with Gasteiger partial charge in [0.15, 0.2) is 0 Å². The molecule has 0 aliphatic rings. The molecule has 0 aromatic carbocycles. The zero-order valence-corrected chi connectivity index (χ0v) is 12.7. The molecule has 0 aliphatic heterocycles.